The summed E-state index contributed by atoms with van der Waals surface area (Å²) in [6.45, 7) is 2.96. The molecule has 1 atom stereocenters. The smallest absolute Gasteiger partial charge is 0.146 e. The summed E-state index contributed by atoms with van der Waals surface area (Å²) < 4.78 is 8.09. The van der Waals surface area contributed by atoms with E-state index in [9.17, 15) is 0 Å². The third-order valence-corrected chi connectivity index (χ3v) is 6.09. The van der Waals surface area contributed by atoms with E-state index >= 15 is 0 Å². The molecule has 0 saturated heterocycles. The van der Waals surface area contributed by atoms with E-state index in [1.165, 1.54) is 19.3 Å². The van der Waals surface area contributed by atoms with Gasteiger partial charge in [0, 0.05) is 11.3 Å². The zero-order chi connectivity index (χ0) is 15.0. The fraction of sp³-hybridized carbons (Fsp3) is 0.562. The molecule has 1 aromatic heterocycles. The minimum absolute atomic E-state index is 0.110. The summed E-state index contributed by atoms with van der Waals surface area (Å²) in [5.41, 5.74) is 2.04. The van der Waals surface area contributed by atoms with Crippen molar-refractivity contribution < 1.29 is 4.74 Å². The van der Waals surface area contributed by atoms with Crippen LogP contribution in [0.25, 0.3) is 11.0 Å². The van der Waals surface area contributed by atoms with Crippen LogP contribution in [0.5, 0.6) is 5.75 Å². The van der Waals surface area contributed by atoms with Gasteiger partial charge in [-0.05, 0) is 38.2 Å². The van der Waals surface area contributed by atoms with Gasteiger partial charge in [-0.25, -0.2) is 4.98 Å². The number of rotatable bonds is 5. The summed E-state index contributed by atoms with van der Waals surface area (Å²) in [7, 11) is 1.69. The van der Waals surface area contributed by atoms with E-state index in [0.717, 1.165) is 29.2 Å². The Kier molecular flexibility index (Phi) is 4.10. The molecule has 1 heterocycles. The number of ether oxygens (including phenoxy) is 1. The number of hydrogen-bond donors (Lipinski definition) is 0. The molecule has 1 aromatic carbocycles. The molecule has 0 aliphatic heterocycles. The Hall–Kier alpha value is -0.870. The lowest BCUT2D eigenvalue weighted by molar-refractivity contribution is 0.321. The van der Waals surface area contributed by atoms with Gasteiger partial charge in [-0.2, -0.15) is 11.8 Å². The molecule has 0 N–H and O–H groups in total. The van der Waals surface area contributed by atoms with Gasteiger partial charge in [0.05, 0.1) is 18.0 Å². The van der Waals surface area contributed by atoms with Crippen molar-refractivity contribution >= 4 is 34.4 Å². The molecule has 1 unspecified atom stereocenters. The molecule has 0 spiro atoms. The lowest BCUT2D eigenvalue weighted by Crippen LogP contribution is -2.38. The molecule has 2 aromatic rings. The maximum Gasteiger partial charge on any atom is 0.146 e. The highest BCUT2D eigenvalue weighted by Crippen LogP contribution is 2.45. The molecule has 3 rings (SSSR count). The molecule has 1 saturated carbocycles. The third-order valence-electron chi connectivity index (χ3n) is 4.49. The quantitative estimate of drug-likeness (QED) is 0.750. The number of halogens is 1. The van der Waals surface area contributed by atoms with E-state index in [1.54, 1.807) is 7.11 Å². The fourth-order valence-corrected chi connectivity index (χ4v) is 4.18. The molecule has 1 fully saturated rings. The Morgan fingerprint density at radius 3 is 2.76 bits per heavy atom. The molecule has 21 heavy (non-hydrogen) atoms. The van der Waals surface area contributed by atoms with Crippen molar-refractivity contribution in [2.75, 3.05) is 13.4 Å². The average Bonchev–Trinajstić information content (AvgIpc) is 2.81. The number of alkyl halides is 1. The molecule has 114 valence electrons. The summed E-state index contributed by atoms with van der Waals surface area (Å²) in [6, 6.07) is 6.09. The highest BCUT2D eigenvalue weighted by atomic mass is 35.5. The van der Waals surface area contributed by atoms with Crippen molar-refractivity contribution in [3.63, 3.8) is 0 Å². The van der Waals surface area contributed by atoms with E-state index in [0.29, 0.717) is 4.75 Å². The molecule has 0 bridgehead atoms. The zero-order valence-corrected chi connectivity index (χ0v) is 14.3. The van der Waals surface area contributed by atoms with Gasteiger partial charge in [-0.1, -0.05) is 12.5 Å². The third kappa shape index (κ3) is 2.53. The van der Waals surface area contributed by atoms with Gasteiger partial charge in [-0.3, -0.25) is 0 Å². The molecule has 5 heteroatoms. The number of hydrogen-bond acceptors (Lipinski definition) is 3. The second-order valence-electron chi connectivity index (χ2n) is 5.74. The first-order chi connectivity index (χ1) is 10.1. The Balaban J connectivity index is 2.12. The van der Waals surface area contributed by atoms with E-state index < -0.39 is 0 Å². The Bertz CT molecular complexity index is 643. The number of benzene rings is 1. The second-order valence-corrected chi connectivity index (χ2v) is 7.67. The first-order valence-corrected chi connectivity index (χ1v) is 8.99. The van der Waals surface area contributed by atoms with Crippen molar-refractivity contribution in [1.29, 1.82) is 0 Å². The number of thioether (sulfide) groups is 1. The van der Waals surface area contributed by atoms with Gasteiger partial charge in [0.15, 0.2) is 0 Å². The van der Waals surface area contributed by atoms with Crippen molar-refractivity contribution in [1.82, 2.24) is 9.55 Å². The van der Waals surface area contributed by atoms with E-state index in [1.807, 2.05) is 30.8 Å². The summed E-state index contributed by atoms with van der Waals surface area (Å²) in [5.74, 6) is 1.76. The first kappa shape index (κ1) is 15.0. The molecular formula is C16H21ClN2OS. The van der Waals surface area contributed by atoms with Crippen molar-refractivity contribution in [3.8, 4) is 5.75 Å². The van der Waals surface area contributed by atoms with Crippen LogP contribution < -0.4 is 4.74 Å². The number of nitrogens with zero attached hydrogens (tertiary/aromatic N) is 2. The highest BCUT2D eigenvalue weighted by Gasteiger charge is 2.37. The van der Waals surface area contributed by atoms with Gasteiger partial charge in [0.1, 0.15) is 17.1 Å². The minimum Gasteiger partial charge on any atom is -0.494 e. The highest BCUT2D eigenvalue weighted by molar-refractivity contribution is 8.00. The van der Waals surface area contributed by atoms with Crippen molar-refractivity contribution in [3.05, 3.63) is 24.0 Å². The average molecular weight is 325 g/mol. The standard InChI is InChI=1S/C16H21ClN2OS/c1-11(17)15-18-14-12(6-4-7-13(14)20-2)19(15)10-16(21-3)8-5-9-16/h4,6-7,11H,5,8-10H2,1-3H3. The fourth-order valence-electron chi connectivity index (χ4n) is 3.06. The number of imidazole rings is 1. The molecule has 1 aliphatic carbocycles. The summed E-state index contributed by atoms with van der Waals surface area (Å²) in [6.07, 6.45) is 6.08. The predicted octanol–water partition coefficient (Wildman–Crippen LogP) is 4.63. The topological polar surface area (TPSA) is 27.1 Å². The van der Waals surface area contributed by atoms with Crippen LogP contribution in [0.15, 0.2) is 18.2 Å². The monoisotopic (exact) mass is 324 g/mol. The Morgan fingerprint density at radius 2 is 2.24 bits per heavy atom. The molecule has 1 aliphatic rings. The molecular weight excluding hydrogens is 304 g/mol. The lowest BCUT2D eigenvalue weighted by atomic mass is 9.84. The van der Waals surface area contributed by atoms with Crippen LogP contribution in [-0.2, 0) is 6.54 Å². The Morgan fingerprint density at radius 1 is 1.48 bits per heavy atom. The van der Waals surface area contributed by atoms with Gasteiger partial charge >= 0.3 is 0 Å². The zero-order valence-electron chi connectivity index (χ0n) is 12.7. The number of para-hydroxylation sites is 1. The minimum atomic E-state index is -0.110. The van der Waals surface area contributed by atoms with Crippen molar-refractivity contribution in [2.45, 2.75) is 42.9 Å². The maximum absolute atomic E-state index is 6.38. The van der Waals surface area contributed by atoms with E-state index in [-0.39, 0.29) is 5.38 Å². The Labute approximate surface area is 135 Å². The van der Waals surface area contributed by atoms with Gasteiger partial charge in [0.2, 0.25) is 0 Å². The van der Waals surface area contributed by atoms with Crippen molar-refractivity contribution in [2.24, 2.45) is 0 Å². The first-order valence-electron chi connectivity index (χ1n) is 7.32. The van der Waals surface area contributed by atoms with Crippen LogP contribution in [0.4, 0.5) is 0 Å². The largest absolute Gasteiger partial charge is 0.494 e. The van der Waals surface area contributed by atoms with E-state index in [4.69, 9.17) is 21.3 Å². The predicted molar refractivity (Wildman–Crippen MR) is 90.7 cm³/mol. The normalized spacial score (nSPS) is 18.5. The van der Waals surface area contributed by atoms with Crippen LogP contribution in [-0.4, -0.2) is 27.7 Å². The van der Waals surface area contributed by atoms with Gasteiger partial charge < -0.3 is 9.30 Å². The maximum atomic E-state index is 6.38. The van der Waals surface area contributed by atoms with Crippen LogP contribution in [0.1, 0.15) is 37.4 Å². The van der Waals surface area contributed by atoms with Crippen LogP contribution in [0.3, 0.4) is 0 Å². The lowest BCUT2D eigenvalue weighted by Gasteiger charge is -2.41. The number of aromatic nitrogens is 2. The summed E-state index contributed by atoms with van der Waals surface area (Å²) in [4.78, 5) is 4.76. The molecule has 0 radical (unpaired) electrons. The van der Waals surface area contributed by atoms with Crippen LogP contribution in [0, 0.1) is 0 Å². The number of methoxy groups -OCH3 is 1. The number of fused-ring (bicyclic) bond motifs is 1. The SMILES string of the molecule is COc1cccc2c1nc(C(C)Cl)n2CC1(SC)CCC1. The summed E-state index contributed by atoms with van der Waals surface area (Å²) >= 11 is 8.35. The second kappa shape index (κ2) is 5.73. The van der Waals surface area contributed by atoms with Crippen LogP contribution >= 0.6 is 23.4 Å². The van der Waals surface area contributed by atoms with E-state index in [2.05, 4.69) is 16.9 Å². The van der Waals surface area contributed by atoms with Gasteiger partial charge in [-0.15, -0.1) is 11.6 Å². The summed E-state index contributed by atoms with van der Waals surface area (Å²) in [5, 5.41) is -0.110. The molecule has 3 nitrogen and oxygen atoms in total. The van der Waals surface area contributed by atoms with Crippen LogP contribution in [0.2, 0.25) is 0 Å². The molecule has 0 amide bonds. The van der Waals surface area contributed by atoms with Gasteiger partial charge in [0.25, 0.3) is 0 Å².